The summed E-state index contributed by atoms with van der Waals surface area (Å²) in [6.07, 6.45) is 1.72. The van der Waals surface area contributed by atoms with E-state index in [4.69, 9.17) is 4.98 Å². The van der Waals surface area contributed by atoms with Gasteiger partial charge in [0, 0.05) is 16.3 Å². The maximum absolute atomic E-state index is 10.2. The molecule has 5 rings (SSSR count). The van der Waals surface area contributed by atoms with Gasteiger partial charge in [-0.25, -0.2) is 4.98 Å². The van der Waals surface area contributed by atoms with E-state index in [1.807, 2.05) is 36.4 Å². The fraction of sp³-hybridized carbons (Fsp3) is 0.0952. The second-order valence-electron chi connectivity index (χ2n) is 6.28. The van der Waals surface area contributed by atoms with Gasteiger partial charge in [0.25, 0.3) is 0 Å². The van der Waals surface area contributed by atoms with E-state index in [-0.39, 0.29) is 0 Å². The van der Waals surface area contributed by atoms with Crippen LogP contribution in [0.2, 0.25) is 0 Å². The summed E-state index contributed by atoms with van der Waals surface area (Å²) in [5, 5.41) is 24.6. The molecule has 24 heavy (non-hydrogen) atoms. The van der Waals surface area contributed by atoms with Gasteiger partial charge < -0.3 is 10.2 Å². The van der Waals surface area contributed by atoms with E-state index in [2.05, 4.69) is 24.3 Å². The number of pyridine rings is 1. The number of nitrogens with zero attached hydrogens (tertiary/aromatic N) is 1. The van der Waals surface area contributed by atoms with Crippen LogP contribution in [0.15, 0.2) is 60.7 Å². The Morgan fingerprint density at radius 1 is 0.833 bits per heavy atom. The molecule has 116 valence electrons. The van der Waals surface area contributed by atoms with E-state index in [9.17, 15) is 10.2 Å². The van der Waals surface area contributed by atoms with Crippen LogP contribution in [0.3, 0.4) is 0 Å². The lowest BCUT2D eigenvalue weighted by molar-refractivity contribution is 0.0471. The monoisotopic (exact) mass is 313 g/mol. The molecule has 3 aromatic carbocycles. The highest BCUT2D eigenvalue weighted by atomic mass is 16.3. The van der Waals surface area contributed by atoms with Crippen LogP contribution in [0.5, 0.6) is 0 Å². The van der Waals surface area contributed by atoms with Gasteiger partial charge in [-0.2, -0.15) is 0 Å². The summed E-state index contributed by atoms with van der Waals surface area (Å²) in [4.78, 5) is 4.86. The van der Waals surface area contributed by atoms with Crippen molar-refractivity contribution in [3.8, 4) is 0 Å². The van der Waals surface area contributed by atoms with Crippen molar-refractivity contribution in [2.45, 2.75) is 12.2 Å². The fourth-order valence-corrected chi connectivity index (χ4v) is 3.61. The summed E-state index contributed by atoms with van der Waals surface area (Å²) in [6.45, 7) is 0. The molecule has 2 N–H and O–H groups in total. The molecule has 0 bridgehead atoms. The number of fused-ring (bicyclic) bond motifs is 6. The van der Waals surface area contributed by atoms with Crippen LogP contribution >= 0.6 is 0 Å². The van der Waals surface area contributed by atoms with Crippen LogP contribution in [0.4, 0.5) is 0 Å². The van der Waals surface area contributed by atoms with Gasteiger partial charge >= 0.3 is 0 Å². The number of hydrogen-bond acceptors (Lipinski definition) is 3. The molecule has 0 spiro atoms. The first-order valence-corrected chi connectivity index (χ1v) is 8.02. The molecule has 3 heteroatoms. The van der Waals surface area contributed by atoms with Gasteiger partial charge in [0.05, 0.1) is 11.0 Å². The van der Waals surface area contributed by atoms with Crippen LogP contribution < -0.4 is 0 Å². The molecular formula is C21H15NO2. The predicted octanol–water partition coefficient (Wildman–Crippen LogP) is 3.96. The molecule has 0 fully saturated rings. The minimum atomic E-state index is -0.900. The summed E-state index contributed by atoms with van der Waals surface area (Å²) in [5.41, 5.74) is 3.41. The second-order valence-corrected chi connectivity index (χ2v) is 6.28. The van der Waals surface area contributed by atoms with Crippen molar-refractivity contribution in [3.05, 3.63) is 71.8 Å². The van der Waals surface area contributed by atoms with Gasteiger partial charge in [0.15, 0.2) is 0 Å². The Morgan fingerprint density at radius 2 is 1.67 bits per heavy atom. The third kappa shape index (κ3) is 1.83. The standard InChI is InChI=1S/C21H15NO2/c23-19-10-8-15-16(21(19)24)7-5-13-11-17-14-4-2-1-3-12(14)6-9-18(17)22-20(13)15/h1-11,19,21,23-24H/t19-,21-/m1/s1. The van der Waals surface area contributed by atoms with Crippen molar-refractivity contribution in [1.29, 1.82) is 0 Å². The highest BCUT2D eigenvalue weighted by molar-refractivity contribution is 6.10. The van der Waals surface area contributed by atoms with E-state index in [1.165, 1.54) is 10.8 Å². The number of aromatic nitrogens is 1. The zero-order valence-corrected chi connectivity index (χ0v) is 12.8. The molecule has 1 aliphatic carbocycles. The summed E-state index contributed by atoms with van der Waals surface area (Å²) in [5.74, 6) is 0. The molecule has 0 saturated carbocycles. The molecule has 1 heterocycles. The zero-order chi connectivity index (χ0) is 16.3. The van der Waals surface area contributed by atoms with Crippen LogP contribution in [-0.2, 0) is 0 Å². The molecular weight excluding hydrogens is 298 g/mol. The summed E-state index contributed by atoms with van der Waals surface area (Å²) in [6, 6.07) is 18.4. The third-order valence-electron chi connectivity index (χ3n) is 4.86. The molecule has 0 unspecified atom stereocenters. The lowest BCUT2D eigenvalue weighted by atomic mass is 9.90. The molecule has 2 atom stereocenters. The first-order valence-electron chi connectivity index (χ1n) is 8.02. The molecule has 0 aliphatic heterocycles. The van der Waals surface area contributed by atoms with Gasteiger partial charge in [0.1, 0.15) is 12.2 Å². The van der Waals surface area contributed by atoms with Crippen molar-refractivity contribution < 1.29 is 10.2 Å². The summed E-state index contributed by atoms with van der Waals surface area (Å²) >= 11 is 0. The first-order chi connectivity index (χ1) is 11.7. The van der Waals surface area contributed by atoms with Gasteiger partial charge in [-0.05, 0) is 28.5 Å². The molecule has 0 radical (unpaired) electrons. The van der Waals surface area contributed by atoms with Crippen molar-refractivity contribution in [1.82, 2.24) is 4.98 Å². The van der Waals surface area contributed by atoms with Crippen molar-refractivity contribution in [2.75, 3.05) is 0 Å². The van der Waals surface area contributed by atoms with Gasteiger partial charge in [-0.3, -0.25) is 0 Å². The molecule has 1 aromatic heterocycles. The largest absolute Gasteiger partial charge is 0.386 e. The van der Waals surface area contributed by atoms with E-state index in [1.54, 1.807) is 6.08 Å². The average molecular weight is 313 g/mol. The molecule has 0 amide bonds. The summed E-state index contributed by atoms with van der Waals surface area (Å²) in [7, 11) is 0. The average Bonchev–Trinajstić information content (AvgIpc) is 2.63. The normalized spacial score (nSPS) is 19.9. The molecule has 4 aromatic rings. The first kappa shape index (κ1) is 13.7. The van der Waals surface area contributed by atoms with Crippen LogP contribution in [0, 0.1) is 0 Å². The van der Waals surface area contributed by atoms with Crippen molar-refractivity contribution >= 4 is 38.7 Å². The van der Waals surface area contributed by atoms with Crippen molar-refractivity contribution in [3.63, 3.8) is 0 Å². The minimum Gasteiger partial charge on any atom is -0.386 e. The second kappa shape index (κ2) is 4.87. The minimum absolute atomic E-state index is 0.727. The van der Waals surface area contributed by atoms with Gasteiger partial charge in [-0.15, -0.1) is 0 Å². The van der Waals surface area contributed by atoms with E-state index < -0.39 is 12.2 Å². The number of hydrogen-bond donors (Lipinski definition) is 2. The van der Waals surface area contributed by atoms with E-state index in [0.29, 0.717) is 0 Å². The lowest BCUT2D eigenvalue weighted by Gasteiger charge is -2.22. The predicted molar refractivity (Wildman–Crippen MR) is 96.8 cm³/mol. The fourth-order valence-electron chi connectivity index (χ4n) is 3.61. The SMILES string of the molecule is O[C@@H]1C=Cc2c(ccc3cc4c(ccc5ccccc54)nc23)[C@H]1O. The Labute approximate surface area is 138 Å². The quantitative estimate of drug-likeness (QED) is 0.381. The Hall–Kier alpha value is -2.75. The van der Waals surface area contributed by atoms with E-state index in [0.717, 1.165) is 32.9 Å². The third-order valence-corrected chi connectivity index (χ3v) is 4.86. The molecule has 3 nitrogen and oxygen atoms in total. The Balaban J connectivity index is 1.89. The van der Waals surface area contributed by atoms with Gasteiger partial charge in [-0.1, -0.05) is 54.6 Å². The Morgan fingerprint density at radius 3 is 2.58 bits per heavy atom. The van der Waals surface area contributed by atoms with Crippen LogP contribution in [-0.4, -0.2) is 21.3 Å². The Bertz CT molecular complexity index is 1150. The maximum Gasteiger partial charge on any atom is 0.109 e. The highest BCUT2D eigenvalue weighted by Gasteiger charge is 2.24. The maximum atomic E-state index is 10.2. The highest BCUT2D eigenvalue weighted by Crippen LogP contribution is 2.35. The Kier molecular flexibility index (Phi) is 2.77. The molecule has 0 saturated heterocycles. The van der Waals surface area contributed by atoms with Gasteiger partial charge in [0.2, 0.25) is 0 Å². The molecule has 1 aliphatic rings. The number of aliphatic hydroxyl groups excluding tert-OH is 2. The van der Waals surface area contributed by atoms with Crippen molar-refractivity contribution in [2.24, 2.45) is 0 Å². The summed E-state index contributed by atoms with van der Waals surface area (Å²) < 4.78 is 0. The smallest absolute Gasteiger partial charge is 0.109 e. The number of aliphatic hydroxyl groups is 2. The number of rotatable bonds is 0. The zero-order valence-electron chi connectivity index (χ0n) is 12.8. The van der Waals surface area contributed by atoms with Crippen LogP contribution in [0.1, 0.15) is 17.2 Å². The topological polar surface area (TPSA) is 53.4 Å². The van der Waals surface area contributed by atoms with E-state index >= 15 is 0 Å². The number of benzene rings is 3. The van der Waals surface area contributed by atoms with Crippen LogP contribution in [0.25, 0.3) is 38.7 Å². The lowest BCUT2D eigenvalue weighted by Crippen LogP contribution is -2.19.